The molecule has 2 rings (SSSR count). The molecule has 14 heteroatoms. The number of nitrogens with zero attached hydrogens (tertiary/aromatic N) is 2. The summed E-state index contributed by atoms with van der Waals surface area (Å²) < 4.78 is 0. The van der Waals surface area contributed by atoms with Crippen molar-refractivity contribution in [3.63, 3.8) is 0 Å². The van der Waals surface area contributed by atoms with Gasteiger partial charge in [0.05, 0.1) is 18.7 Å². The fourth-order valence-electron chi connectivity index (χ4n) is 3.26. The van der Waals surface area contributed by atoms with Gasteiger partial charge >= 0.3 is 5.97 Å². The number of H-pyrrole nitrogens is 2. The molecule has 13 nitrogen and oxygen atoms in total. The van der Waals surface area contributed by atoms with E-state index in [0.29, 0.717) is 11.4 Å². The number of hydrogen-bond acceptors (Lipinski definition) is 8. The van der Waals surface area contributed by atoms with Crippen molar-refractivity contribution in [1.82, 2.24) is 35.9 Å². The van der Waals surface area contributed by atoms with Crippen molar-refractivity contribution in [2.75, 3.05) is 5.75 Å². The standard InChI is InChI=1S/C21H32N8O5S/c1-11(2)3-15(19(31)28-16(21(33)34)5-13-7-24-10-26-13)27-20(32)17(8-35)29-18(30)14(22)4-12-6-23-9-25-12/h6-7,9-11,14-17,35H,3-5,8,22H2,1-2H3,(H,23,25)(H,24,26)(H,27,32)(H,28,31)(H,29,30)(H,33,34). The molecule has 2 aromatic heterocycles. The van der Waals surface area contributed by atoms with Gasteiger partial charge in [0.1, 0.15) is 18.1 Å². The van der Waals surface area contributed by atoms with Gasteiger partial charge in [-0.15, -0.1) is 0 Å². The van der Waals surface area contributed by atoms with E-state index >= 15 is 0 Å². The first-order valence-electron chi connectivity index (χ1n) is 11.1. The molecule has 0 radical (unpaired) electrons. The first-order valence-corrected chi connectivity index (χ1v) is 11.7. The topological polar surface area (TPSA) is 208 Å². The molecule has 0 bridgehead atoms. The minimum absolute atomic E-state index is 0.00698. The molecule has 4 atom stereocenters. The Bertz CT molecular complexity index is 967. The Morgan fingerprint density at radius 2 is 1.43 bits per heavy atom. The Morgan fingerprint density at radius 1 is 0.914 bits per heavy atom. The molecule has 0 aliphatic rings. The lowest BCUT2D eigenvalue weighted by atomic mass is 10.0. The molecular formula is C21H32N8O5S. The van der Waals surface area contributed by atoms with Crippen molar-refractivity contribution in [2.45, 2.75) is 57.3 Å². The van der Waals surface area contributed by atoms with E-state index in [9.17, 15) is 24.3 Å². The number of rotatable bonds is 14. The maximum Gasteiger partial charge on any atom is 0.326 e. The monoisotopic (exact) mass is 508 g/mol. The number of hydrogen-bond donors (Lipinski definition) is 8. The van der Waals surface area contributed by atoms with Crippen LogP contribution in [0.1, 0.15) is 31.7 Å². The van der Waals surface area contributed by atoms with E-state index in [2.05, 4.69) is 48.5 Å². The van der Waals surface area contributed by atoms with Crippen molar-refractivity contribution < 1.29 is 24.3 Å². The maximum absolute atomic E-state index is 12.9. The molecule has 2 heterocycles. The number of amides is 3. The summed E-state index contributed by atoms with van der Waals surface area (Å²) in [5.74, 6) is -3.11. The van der Waals surface area contributed by atoms with Crippen LogP contribution in [0.5, 0.6) is 0 Å². The number of aliphatic carboxylic acids is 1. The third kappa shape index (κ3) is 9.05. The van der Waals surface area contributed by atoms with Crippen LogP contribution >= 0.6 is 12.6 Å². The van der Waals surface area contributed by atoms with Crippen molar-refractivity contribution in [3.8, 4) is 0 Å². The molecule has 0 aliphatic heterocycles. The minimum atomic E-state index is -1.23. The Kier molecular flexibility index (Phi) is 10.7. The molecule has 0 saturated carbocycles. The molecule has 8 N–H and O–H groups in total. The smallest absolute Gasteiger partial charge is 0.326 e. The molecule has 2 aromatic rings. The van der Waals surface area contributed by atoms with Crippen LogP contribution in [0.25, 0.3) is 0 Å². The van der Waals surface area contributed by atoms with Gasteiger partial charge in [0.25, 0.3) is 0 Å². The van der Waals surface area contributed by atoms with Crippen molar-refractivity contribution >= 4 is 36.3 Å². The molecular weight excluding hydrogens is 476 g/mol. The minimum Gasteiger partial charge on any atom is -0.480 e. The zero-order valence-corrected chi connectivity index (χ0v) is 20.4. The van der Waals surface area contributed by atoms with Crippen LogP contribution in [-0.2, 0) is 32.0 Å². The summed E-state index contributed by atoms with van der Waals surface area (Å²) in [6.07, 6.45) is 6.32. The van der Waals surface area contributed by atoms with Crippen LogP contribution in [0.4, 0.5) is 0 Å². The predicted octanol–water partition coefficient (Wildman–Crippen LogP) is -1.24. The highest BCUT2D eigenvalue weighted by Crippen LogP contribution is 2.08. The van der Waals surface area contributed by atoms with Gasteiger partial charge in [0.15, 0.2) is 0 Å². The van der Waals surface area contributed by atoms with E-state index in [-0.39, 0.29) is 30.9 Å². The molecule has 0 saturated heterocycles. The van der Waals surface area contributed by atoms with E-state index in [1.54, 1.807) is 6.20 Å². The molecule has 0 spiro atoms. The van der Waals surface area contributed by atoms with Crippen molar-refractivity contribution in [2.24, 2.45) is 11.7 Å². The third-order valence-electron chi connectivity index (χ3n) is 5.08. The molecule has 0 aliphatic carbocycles. The van der Waals surface area contributed by atoms with Gasteiger partial charge in [-0.1, -0.05) is 13.8 Å². The van der Waals surface area contributed by atoms with E-state index < -0.39 is 47.9 Å². The van der Waals surface area contributed by atoms with Gasteiger partial charge in [0, 0.05) is 42.4 Å². The first kappa shape index (κ1) is 27.9. The van der Waals surface area contributed by atoms with Gasteiger partial charge in [0.2, 0.25) is 17.7 Å². The second kappa shape index (κ2) is 13.5. The van der Waals surface area contributed by atoms with E-state index in [1.165, 1.54) is 18.9 Å². The largest absolute Gasteiger partial charge is 0.480 e. The van der Waals surface area contributed by atoms with Gasteiger partial charge in [-0.3, -0.25) is 14.4 Å². The summed E-state index contributed by atoms with van der Waals surface area (Å²) in [6, 6.07) is -4.24. The van der Waals surface area contributed by atoms with E-state index in [1.807, 2.05) is 13.8 Å². The average molecular weight is 509 g/mol. The molecule has 3 amide bonds. The Balaban J connectivity index is 2.02. The number of carbonyl (C=O) groups is 4. The molecule has 0 fully saturated rings. The summed E-state index contributed by atoms with van der Waals surface area (Å²) in [5.41, 5.74) is 7.12. The molecule has 35 heavy (non-hydrogen) atoms. The number of aromatic nitrogens is 4. The molecule has 192 valence electrons. The highest BCUT2D eigenvalue weighted by molar-refractivity contribution is 7.80. The number of carbonyl (C=O) groups excluding carboxylic acids is 3. The van der Waals surface area contributed by atoms with E-state index in [4.69, 9.17) is 5.73 Å². The lowest BCUT2D eigenvalue weighted by Crippen LogP contribution is -2.58. The lowest BCUT2D eigenvalue weighted by molar-refractivity contribution is -0.142. The Labute approximate surface area is 207 Å². The van der Waals surface area contributed by atoms with Gasteiger partial charge < -0.3 is 36.8 Å². The van der Waals surface area contributed by atoms with Crippen LogP contribution in [0, 0.1) is 5.92 Å². The number of aromatic amines is 2. The molecule has 0 aromatic carbocycles. The summed E-state index contributed by atoms with van der Waals surface area (Å²) in [4.78, 5) is 63.3. The lowest BCUT2D eigenvalue weighted by Gasteiger charge is -2.25. The number of imidazole rings is 2. The number of nitrogens with two attached hydrogens (primary N) is 1. The highest BCUT2D eigenvalue weighted by atomic mass is 32.1. The first-order chi connectivity index (χ1) is 16.6. The zero-order valence-electron chi connectivity index (χ0n) is 19.5. The summed E-state index contributed by atoms with van der Waals surface area (Å²) in [5, 5.41) is 17.1. The summed E-state index contributed by atoms with van der Waals surface area (Å²) in [6.45, 7) is 3.72. The van der Waals surface area contributed by atoms with Crippen LogP contribution in [0.3, 0.4) is 0 Å². The zero-order chi connectivity index (χ0) is 26.0. The number of thiol groups is 1. The SMILES string of the molecule is CC(C)CC(NC(=O)C(CS)NC(=O)C(N)Cc1cnc[nH]1)C(=O)NC(Cc1cnc[nH]1)C(=O)O. The number of carboxylic acid groups (broad SMARTS) is 1. The second-order valence-electron chi connectivity index (χ2n) is 8.50. The van der Waals surface area contributed by atoms with Crippen LogP contribution < -0.4 is 21.7 Å². The highest BCUT2D eigenvalue weighted by Gasteiger charge is 2.30. The van der Waals surface area contributed by atoms with Gasteiger partial charge in [-0.2, -0.15) is 12.6 Å². The summed E-state index contributed by atoms with van der Waals surface area (Å²) in [7, 11) is 0. The quantitative estimate of drug-likeness (QED) is 0.144. The average Bonchev–Trinajstić information content (AvgIpc) is 3.50. The van der Waals surface area contributed by atoms with Gasteiger partial charge in [-0.05, 0) is 12.3 Å². The van der Waals surface area contributed by atoms with Crippen LogP contribution in [0.2, 0.25) is 0 Å². The van der Waals surface area contributed by atoms with Crippen LogP contribution in [-0.4, -0.2) is 78.7 Å². The fourth-order valence-corrected chi connectivity index (χ4v) is 3.52. The van der Waals surface area contributed by atoms with Crippen molar-refractivity contribution in [3.05, 3.63) is 36.4 Å². The van der Waals surface area contributed by atoms with Crippen molar-refractivity contribution in [1.29, 1.82) is 0 Å². The predicted molar refractivity (Wildman–Crippen MR) is 129 cm³/mol. The summed E-state index contributed by atoms with van der Waals surface area (Å²) >= 11 is 4.14. The van der Waals surface area contributed by atoms with Gasteiger partial charge in [-0.25, -0.2) is 14.8 Å². The molecule has 4 unspecified atom stereocenters. The number of carboxylic acids is 1. The Hall–Kier alpha value is -3.39. The van der Waals surface area contributed by atoms with E-state index in [0.717, 1.165) is 0 Å². The van der Waals surface area contributed by atoms with Crippen LogP contribution in [0.15, 0.2) is 25.0 Å². The third-order valence-corrected chi connectivity index (χ3v) is 5.45. The fraction of sp³-hybridized carbons (Fsp3) is 0.524. The second-order valence-corrected chi connectivity index (χ2v) is 8.87. The number of nitrogens with one attached hydrogen (secondary N) is 5. The maximum atomic E-state index is 12.9. The normalized spacial score (nSPS) is 14.5. The Morgan fingerprint density at radius 3 is 1.91 bits per heavy atom.